The van der Waals surface area contributed by atoms with Crippen LogP contribution in [0.25, 0.3) is 22.7 Å². The van der Waals surface area contributed by atoms with Gasteiger partial charge in [-0.1, -0.05) is 73.6 Å². The first-order valence-corrected chi connectivity index (χ1v) is 19.3. The maximum absolute atomic E-state index is 13.3. The number of nitrogens with zero attached hydrogens (tertiary/aromatic N) is 5. The van der Waals surface area contributed by atoms with E-state index >= 15 is 0 Å². The van der Waals surface area contributed by atoms with Gasteiger partial charge >= 0.3 is 6.03 Å². The second kappa shape index (κ2) is 15.8. The number of rotatable bonds is 13. The first-order chi connectivity index (χ1) is 24.2. The molecule has 50 heavy (non-hydrogen) atoms. The van der Waals surface area contributed by atoms with E-state index in [0.29, 0.717) is 17.3 Å². The predicted octanol–water partition coefficient (Wildman–Crippen LogP) is 8.14. The van der Waals surface area contributed by atoms with Gasteiger partial charge in [0.1, 0.15) is 11.6 Å². The summed E-state index contributed by atoms with van der Waals surface area (Å²) >= 11 is 11.0. The highest BCUT2D eigenvalue weighted by Gasteiger charge is 2.26. The molecule has 6 aromatic rings. The van der Waals surface area contributed by atoms with Crippen LogP contribution in [0.15, 0.2) is 106 Å². The van der Waals surface area contributed by atoms with Gasteiger partial charge in [-0.2, -0.15) is 16.9 Å². The third kappa shape index (κ3) is 8.08. The van der Waals surface area contributed by atoms with Crippen molar-refractivity contribution < 1.29 is 15.0 Å². The minimum Gasteiger partial charge on any atom is -0.506 e. The lowest BCUT2D eigenvalue weighted by atomic mass is 9.92. The molecule has 0 aliphatic rings. The van der Waals surface area contributed by atoms with E-state index in [4.69, 9.17) is 16.7 Å². The highest BCUT2D eigenvalue weighted by molar-refractivity contribution is 7.99. The van der Waals surface area contributed by atoms with E-state index in [9.17, 15) is 15.0 Å². The fourth-order valence-electron chi connectivity index (χ4n) is 5.33. The average Bonchev–Trinajstić information content (AvgIpc) is 3.73. The van der Waals surface area contributed by atoms with Gasteiger partial charge in [-0.05, 0) is 48.2 Å². The molecule has 258 valence electrons. The zero-order valence-corrected chi connectivity index (χ0v) is 30.8. The largest absolute Gasteiger partial charge is 0.506 e. The SMILES string of the molecule is CSCC(C)(C)c1cc(NC(=O)NCc2ccccc2Sc2ccc3nnc(-c4ccccc4SCCO)n3c2)n(-c2ccc(Cl)c(O)c2)n1. The molecule has 0 atom stereocenters. The van der Waals surface area contributed by atoms with Crippen molar-refractivity contribution in [3.63, 3.8) is 0 Å². The van der Waals surface area contributed by atoms with E-state index in [1.807, 2.05) is 83.6 Å². The van der Waals surface area contributed by atoms with Crippen molar-refractivity contribution >= 4 is 64.4 Å². The summed E-state index contributed by atoms with van der Waals surface area (Å²) in [6.07, 6.45) is 4.07. The smallest absolute Gasteiger partial charge is 0.320 e. The second-order valence-corrected chi connectivity index (χ2v) is 15.5. The number of pyridine rings is 1. The summed E-state index contributed by atoms with van der Waals surface area (Å²) in [5.74, 6) is 2.54. The monoisotopic (exact) mass is 745 g/mol. The number of carbonyl (C=O) groups is 1. The molecule has 6 rings (SSSR count). The zero-order valence-electron chi connectivity index (χ0n) is 27.6. The van der Waals surface area contributed by atoms with Crippen LogP contribution >= 0.6 is 46.9 Å². The molecule has 0 fully saturated rings. The number of aromatic nitrogens is 5. The van der Waals surface area contributed by atoms with E-state index in [1.165, 1.54) is 6.07 Å². The Morgan fingerprint density at radius 1 is 0.980 bits per heavy atom. The number of aliphatic hydroxyl groups is 1. The van der Waals surface area contributed by atoms with Gasteiger partial charge in [0.15, 0.2) is 11.5 Å². The summed E-state index contributed by atoms with van der Waals surface area (Å²) in [6.45, 7) is 4.58. The fraction of sp³-hybridized carbons (Fsp3) is 0.222. The number of aromatic hydroxyl groups is 1. The number of benzene rings is 3. The molecule has 0 saturated heterocycles. The van der Waals surface area contributed by atoms with Crippen LogP contribution in [-0.4, -0.2) is 65.0 Å². The van der Waals surface area contributed by atoms with Crippen molar-refractivity contribution in [2.24, 2.45) is 0 Å². The van der Waals surface area contributed by atoms with E-state index in [0.717, 1.165) is 48.7 Å². The number of phenols is 1. The second-order valence-electron chi connectivity index (χ2n) is 12.0. The summed E-state index contributed by atoms with van der Waals surface area (Å²) < 4.78 is 3.59. The topological polar surface area (TPSA) is 130 Å². The van der Waals surface area contributed by atoms with Crippen molar-refractivity contribution in [3.05, 3.63) is 107 Å². The lowest BCUT2D eigenvalue weighted by Gasteiger charge is -2.20. The van der Waals surface area contributed by atoms with Gasteiger partial charge in [0.2, 0.25) is 0 Å². The fourth-order valence-corrected chi connectivity index (χ4v) is 8.08. The number of carbonyl (C=O) groups excluding carboxylic acids is 1. The van der Waals surface area contributed by atoms with Gasteiger partial charge in [0.05, 0.1) is 23.0 Å². The molecule has 3 aromatic heterocycles. The van der Waals surface area contributed by atoms with E-state index < -0.39 is 6.03 Å². The maximum Gasteiger partial charge on any atom is 0.320 e. The van der Waals surface area contributed by atoms with Gasteiger partial charge in [-0.15, -0.1) is 22.0 Å². The van der Waals surface area contributed by atoms with Crippen LogP contribution < -0.4 is 10.6 Å². The molecule has 0 radical (unpaired) electrons. The first kappa shape index (κ1) is 35.7. The Morgan fingerprint density at radius 2 is 1.76 bits per heavy atom. The highest BCUT2D eigenvalue weighted by atomic mass is 35.5. The van der Waals surface area contributed by atoms with Crippen LogP contribution in [0.5, 0.6) is 5.75 Å². The summed E-state index contributed by atoms with van der Waals surface area (Å²) in [5.41, 5.74) is 3.73. The molecule has 0 spiro atoms. The standard InChI is InChI=1S/C36H36ClN7O3S3/c1-36(2,22-48-3)31-19-33(44(42-31)24-12-14-27(37)28(46)18-24)39-35(47)38-20-23-8-4-6-10-29(23)50-25-13-15-32-40-41-34(43(32)21-25)26-9-5-7-11-30(26)49-17-16-45/h4-15,18-19,21,45-46H,16-17,20,22H2,1-3H3,(H2,38,39,47). The summed E-state index contributed by atoms with van der Waals surface area (Å²) in [6, 6.07) is 26.2. The van der Waals surface area contributed by atoms with Crippen LogP contribution in [0.4, 0.5) is 10.6 Å². The number of anilines is 1. The molecule has 3 heterocycles. The molecule has 0 aliphatic carbocycles. The predicted molar refractivity (Wildman–Crippen MR) is 204 cm³/mol. The van der Waals surface area contributed by atoms with Gasteiger partial charge < -0.3 is 15.5 Å². The molecule has 0 unspecified atom stereocenters. The van der Waals surface area contributed by atoms with E-state index in [1.54, 1.807) is 52.1 Å². The normalized spacial score (nSPS) is 11.6. The number of halogens is 1. The van der Waals surface area contributed by atoms with Crippen LogP contribution in [0.1, 0.15) is 25.1 Å². The number of aliphatic hydroxyl groups excluding tert-OH is 1. The molecule has 2 amide bonds. The average molecular weight is 746 g/mol. The Bertz CT molecular complexity index is 2140. The number of hydrogen-bond acceptors (Lipinski definition) is 9. The van der Waals surface area contributed by atoms with Gasteiger partial charge in [0.25, 0.3) is 0 Å². The Kier molecular flexibility index (Phi) is 11.3. The summed E-state index contributed by atoms with van der Waals surface area (Å²) in [4.78, 5) is 16.3. The molecule has 14 heteroatoms. The van der Waals surface area contributed by atoms with Crippen LogP contribution in [0, 0.1) is 0 Å². The molecule has 4 N–H and O–H groups in total. The quantitative estimate of drug-likeness (QED) is 0.0866. The van der Waals surface area contributed by atoms with Crippen molar-refractivity contribution in [2.75, 3.05) is 29.7 Å². The minimum atomic E-state index is -0.397. The van der Waals surface area contributed by atoms with Gasteiger partial charge in [-0.25, -0.2) is 9.48 Å². The minimum absolute atomic E-state index is 0.0735. The molecule has 0 saturated carbocycles. The molecular formula is C36H36ClN7O3S3. The number of fused-ring (bicyclic) bond motifs is 1. The van der Waals surface area contributed by atoms with Gasteiger partial charge in [-0.3, -0.25) is 9.72 Å². The molecular weight excluding hydrogens is 710 g/mol. The highest BCUT2D eigenvalue weighted by Crippen LogP contribution is 2.35. The Morgan fingerprint density at radius 3 is 2.54 bits per heavy atom. The van der Waals surface area contributed by atoms with E-state index in [2.05, 4.69) is 34.7 Å². The third-order valence-corrected chi connectivity index (χ3v) is 11.3. The van der Waals surface area contributed by atoms with E-state index in [-0.39, 0.29) is 29.3 Å². The lowest BCUT2D eigenvalue weighted by Crippen LogP contribution is -2.29. The number of thioether (sulfide) groups is 2. The van der Waals surface area contributed by atoms with Gasteiger partial charge in [0, 0.05) is 62.0 Å². The Balaban J connectivity index is 1.20. The van der Waals surface area contributed by atoms with Crippen LogP contribution in [0.2, 0.25) is 5.02 Å². The Labute approximate surface area is 308 Å². The van der Waals surface area contributed by atoms with Crippen LogP contribution in [0.3, 0.4) is 0 Å². The molecule has 0 aliphatic heterocycles. The van der Waals surface area contributed by atoms with Crippen molar-refractivity contribution in [1.29, 1.82) is 0 Å². The third-order valence-electron chi connectivity index (χ3n) is 7.82. The number of phenolic OH excluding ortho intramolecular Hbond substituents is 1. The number of amides is 2. The number of hydrogen-bond donors (Lipinski definition) is 4. The first-order valence-electron chi connectivity index (χ1n) is 15.7. The number of nitrogens with one attached hydrogen (secondary N) is 2. The van der Waals surface area contributed by atoms with Crippen molar-refractivity contribution in [1.82, 2.24) is 29.7 Å². The summed E-state index contributed by atoms with van der Waals surface area (Å²) in [5, 5.41) is 39.5. The van der Waals surface area contributed by atoms with Crippen molar-refractivity contribution in [3.8, 4) is 22.8 Å². The number of urea groups is 1. The maximum atomic E-state index is 13.3. The molecule has 0 bridgehead atoms. The van der Waals surface area contributed by atoms with Crippen LogP contribution in [-0.2, 0) is 12.0 Å². The molecule has 3 aromatic carbocycles. The lowest BCUT2D eigenvalue weighted by molar-refractivity contribution is 0.251. The zero-order chi connectivity index (χ0) is 35.3. The Hall–Kier alpha value is -4.14. The van der Waals surface area contributed by atoms with Crippen molar-refractivity contribution in [2.45, 2.75) is 40.5 Å². The molecule has 10 nitrogen and oxygen atoms in total. The summed E-state index contributed by atoms with van der Waals surface area (Å²) in [7, 11) is 0.